The molecule has 0 saturated carbocycles. The lowest BCUT2D eigenvalue weighted by Gasteiger charge is -2.28. The van der Waals surface area contributed by atoms with E-state index in [9.17, 15) is 8.76 Å². The van der Waals surface area contributed by atoms with E-state index >= 15 is 0 Å². The van der Waals surface area contributed by atoms with Crippen molar-refractivity contribution in [1.29, 1.82) is 0 Å². The van der Waals surface area contributed by atoms with E-state index < -0.39 is 11.3 Å². The smallest absolute Gasteiger partial charge is 0.0554 e. The van der Waals surface area contributed by atoms with Crippen molar-refractivity contribution in [3.05, 3.63) is 126 Å². The van der Waals surface area contributed by atoms with Gasteiger partial charge in [-0.2, -0.15) is 0 Å². The number of rotatable bonds is 8. The van der Waals surface area contributed by atoms with E-state index in [1.54, 1.807) is 12.4 Å². The first-order valence-electron chi connectivity index (χ1n) is 9.87. The number of pyridine rings is 3. The van der Waals surface area contributed by atoms with E-state index in [1.807, 2.05) is 72.9 Å². The molecule has 0 aliphatic heterocycles. The highest BCUT2D eigenvalue weighted by Crippen LogP contribution is 2.41. The van der Waals surface area contributed by atoms with Crippen molar-refractivity contribution in [3.63, 3.8) is 0 Å². The Morgan fingerprint density at radius 1 is 0.806 bits per heavy atom. The van der Waals surface area contributed by atoms with Crippen molar-refractivity contribution in [2.24, 2.45) is 0 Å². The van der Waals surface area contributed by atoms with Crippen LogP contribution in [0.2, 0.25) is 0 Å². The Hall–Kier alpha value is -3.26. The molecule has 0 radical (unpaired) electrons. The minimum Gasteiger partial charge on any atom is -0.760 e. The van der Waals surface area contributed by atoms with E-state index in [2.05, 4.69) is 26.8 Å². The highest BCUT2D eigenvalue weighted by molar-refractivity contribution is 7.77. The molecule has 0 saturated heterocycles. The second-order valence-corrected chi connectivity index (χ2v) is 7.77. The van der Waals surface area contributed by atoms with Crippen LogP contribution in [0.15, 0.2) is 97.5 Å². The molecular weight excluding hydrogens is 408 g/mol. The summed E-state index contributed by atoms with van der Waals surface area (Å²) >= 11 is -2.35. The largest absolute Gasteiger partial charge is 0.760 e. The van der Waals surface area contributed by atoms with Crippen LogP contribution >= 0.6 is 0 Å². The molecular formula is C24H21N4O2S-. The van der Waals surface area contributed by atoms with Gasteiger partial charge in [0.1, 0.15) is 0 Å². The van der Waals surface area contributed by atoms with Crippen molar-refractivity contribution < 1.29 is 8.76 Å². The van der Waals surface area contributed by atoms with Gasteiger partial charge in [0.2, 0.25) is 0 Å². The van der Waals surface area contributed by atoms with Gasteiger partial charge in [-0.1, -0.05) is 48.5 Å². The fourth-order valence-electron chi connectivity index (χ4n) is 3.75. The summed E-state index contributed by atoms with van der Waals surface area (Å²) in [6, 6.07) is 25.7. The second kappa shape index (κ2) is 10.2. The van der Waals surface area contributed by atoms with E-state index in [4.69, 9.17) is 4.98 Å². The van der Waals surface area contributed by atoms with Gasteiger partial charge in [0.05, 0.1) is 5.69 Å². The van der Waals surface area contributed by atoms with Gasteiger partial charge in [-0.25, -0.2) is 4.72 Å². The minimum atomic E-state index is -2.35. The molecule has 0 amide bonds. The summed E-state index contributed by atoms with van der Waals surface area (Å²) in [6.45, 7) is 0.128. The average Bonchev–Trinajstić information content (AvgIpc) is 2.83. The topological polar surface area (TPSA) is 90.8 Å². The lowest BCUT2D eigenvalue weighted by Crippen LogP contribution is -2.20. The summed E-state index contributed by atoms with van der Waals surface area (Å²) in [5, 5.41) is 0. The van der Waals surface area contributed by atoms with Crippen LogP contribution in [0, 0.1) is 0 Å². The van der Waals surface area contributed by atoms with E-state index in [0.717, 1.165) is 22.5 Å². The first kappa shape index (κ1) is 21.0. The average molecular weight is 430 g/mol. The molecule has 3 atom stereocenters. The van der Waals surface area contributed by atoms with Crippen molar-refractivity contribution >= 4 is 11.3 Å². The molecule has 4 aromatic rings. The van der Waals surface area contributed by atoms with Crippen molar-refractivity contribution in [2.75, 3.05) is 0 Å². The summed E-state index contributed by atoms with van der Waals surface area (Å²) < 4.78 is 24.3. The Morgan fingerprint density at radius 2 is 1.55 bits per heavy atom. The maximum absolute atomic E-state index is 10.9. The molecule has 4 rings (SSSR count). The van der Waals surface area contributed by atoms with Gasteiger partial charge >= 0.3 is 0 Å². The van der Waals surface area contributed by atoms with Crippen LogP contribution in [-0.2, 0) is 17.8 Å². The van der Waals surface area contributed by atoms with Crippen LogP contribution in [0.1, 0.15) is 40.0 Å². The Balaban J connectivity index is 1.86. The van der Waals surface area contributed by atoms with Gasteiger partial charge in [0.15, 0.2) is 0 Å². The number of nitrogens with one attached hydrogen (secondary N) is 1. The molecule has 3 aromatic heterocycles. The molecule has 7 heteroatoms. The molecule has 31 heavy (non-hydrogen) atoms. The Labute approximate surface area is 183 Å². The van der Waals surface area contributed by atoms with Gasteiger partial charge in [-0.15, -0.1) is 0 Å². The van der Waals surface area contributed by atoms with Crippen molar-refractivity contribution in [3.8, 4) is 0 Å². The van der Waals surface area contributed by atoms with E-state index in [-0.39, 0.29) is 18.4 Å². The number of hydrogen-bond acceptors (Lipinski definition) is 5. The lowest BCUT2D eigenvalue weighted by molar-refractivity contribution is 0.521. The molecule has 3 unspecified atom stereocenters. The van der Waals surface area contributed by atoms with Gasteiger partial charge < -0.3 is 4.55 Å². The third kappa shape index (κ3) is 5.27. The second-order valence-electron chi connectivity index (χ2n) is 7.02. The zero-order valence-corrected chi connectivity index (χ0v) is 17.5. The van der Waals surface area contributed by atoms with Crippen molar-refractivity contribution in [1.82, 2.24) is 19.7 Å². The third-order valence-electron chi connectivity index (χ3n) is 5.06. The van der Waals surface area contributed by atoms with Gasteiger partial charge in [0, 0.05) is 59.6 Å². The van der Waals surface area contributed by atoms with Crippen LogP contribution in [0.5, 0.6) is 0 Å². The first-order valence-corrected chi connectivity index (χ1v) is 10.9. The highest BCUT2D eigenvalue weighted by Gasteiger charge is 2.30. The molecule has 3 heterocycles. The summed E-state index contributed by atoms with van der Waals surface area (Å²) in [6.07, 6.45) is 5.39. The van der Waals surface area contributed by atoms with Gasteiger partial charge in [-0.05, 0) is 41.5 Å². The highest BCUT2D eigenvalue weighted by atomic mass is 32.2. The molecule has 0 bridgehead atoms. The molecule has 156 valence electrons. The Bertz CT molecular complexity index is 1090. The maximum atomic E-state index is 10.9. The molecule has 1 aromatic carbocycles. The number of nitrogens with zero attached hydrogens (tertiary/aromatic N) is 3. The molecule has 0 fully saturated rings. The fourth-order valence-corrected chi connectivity index (χ4v) is 4.02. The third-order valence-corrected chi connectivity index (χ3v) is 5.44. The zero-order chi connectivity index (χ0) is 21.5. The van der Waals surface area contributed by atoms with Crippen molar-refractivity contribution in [2.45, 2.75) is 18.4 Å². The molecule has 0 aliphatic rings. The summed E-state index contributed by atoms with van der Waals surface area (Å²) in [7, 11) is 0. The van der Waals surface area contributed by atoms with Crippen LogP contribution < -0.4 is 4.72 Å². The minimum absolute atomic E-state index is 0.101. The maximum Gasteiger partial charge on any atom is 0.0554 e. The van der Waals surface area contributed by atoms with E-state index in [0.29, 0.717) is 5.69 Å². The molecule has 6 nitrogen and oxygen atoms in total. The predicted molar refractivity (Wildman–Crippen MR) is 119 cm³/mol. The summed E-state index contributed by atoms with van der Waals surface area (Å²) in [4.78, 5) is 13.8. The summed E-state index contributed by atoms with van der Waals surface area (Å²) in [5.41, 5.74) is 4.51. The number of benzene rings is 1. The van der Waals surface area contributed by atoms with Crippen LogP contribution in [0.4, 0.5) is 0 Å². The van der Waals surface area contributed by atoms with E-state index in [1.165, 1.54) is 0 Å². The quantitative estimate of drug-likeness (QED) is 0.431. The molecule has 0 aliphatic carbocycles. The SMILES string of the molecule is O=S([O-])NCc1cccc(C(c2cccnc2)C(c2ccccc2)c2ccccn2)n1. The molecule has 0 spiro atoms. The van der Waals surface area contributed by atoms with Gasteiger partial charge in [0.25, 0.3) is 0 Å². The fraction of sp³-hybridized carbons (Fsp3) is 0.125. The van der Waals surface area contributed by atoms with Crippen LogP contribution in [0.25, 0.3) is 0 Å². The van der Waals surface area contributed by atoms with Crippen LogP contribution in [0.3, 0.4) is 0 Å². The molecule has 1 N–H and O–H groups in total. The summed E-state index contributed by atoms with van der Waals surface area (Å²) in [5.74, 6) is -0.264. The zero-order valence-electron chi connectivity index (χ0n) is 16.7. The number of hydrogen-bond donors (Lipinski definition) is 1. The normalized spacial score (nSPS) is 14.0. The standard InChI is InChI=1S/C24H22N4O2S/c29-31(30)27-17-20-11-6-13-22(28-20)24(19-10-7-14-25-16-19)23(18-8-2-1-3-9-18)21-12-4-5-15-26-21/h1-16,23-24,27H,17H2,(H,29,30)/p-1. The van der Waals surface area contributed by atoms with Crippen LogP contribution in [-0.4, -0.2) is 23.7 Å². The Kier molecular flexibility index (Phi) is 6.89. The number of aromatic nitrogens is 3. The Morgan fingerprint density at radius 3 is 2.26 bits per heavy atom. The lowest BCUT2D eigenvalue weighted by atomic mass is 9.77. The van der Waals surface area contributed by atoms with Gasteiger partial charge in [-0.3, -0.25) is 19.2 Å². The predicted octanol–water partition coefficient (Wildman–Crippen LogP) is 3.72. The first-order chi connectivity index (χ1) is 15.2. The monoisotopic (exact) mass is 429 g/mol.